The number of imide groups is 1. The Morgan fingerprint density at radius 2 is 1.94 bits per heavy atom. The number of carbonyl (C=O) groups is 2. The smallest absolute Gasteiger partial charge is 0.321 e. The minimum Gasteiger partial charge on any atom is -0.338 e. The Labute approximate surface area is 196 Å². The molecule has 2 N–H and O–H groups in total. The zero-order valence-electron chi connectivity index (χ0n) is 17.3. The van der Waals surface area contributed by atoms with Crippen LogP contribution in [-0.2, 0) is 4.79 Å². The van der Waals surface area contributed by atoms with Crippen molar-refractivity contribution in [2.75, 3.05) is 6.54 Å². The van der Waals surface area contributed by atoms with Gasteiger partial charge in [0.25, 0.3) is 5.56 Å². The molecular formula is C22H20N4O3S3. The van der Waals surface area contributed by atoms with E-state index in [-0.39, 0.29) is 5.56 Å². The zero-order chi connectivity index (χ0) is 22.7. The molecule has 0 saturated heterocycles. The van der Waals surface area contributed by atoms with Crippen LogP contribution < -0.4 is 16.2 Å². The Hall–Kier alpha value is -2.95. The van der Waals surface area contributed by atoms with E-state index in [1.54, 1.807) is 25.2 Å². The summed E-state index contributed by atoms with van der Waals surface area (Å²) in [7, 11) is 0. The Morgan fingerprint density at radius 3 is 2.62 bits per heavy atom. The van der Waals surface area contributed by atoms with Gasteiger partial charge in [-0.05, 0) is 37.4 Å². The maximum atomic E-state index is 13.7. The number of hydrogen-bond donors (Lipinski definition) is 2. The zero-order valence-corrected chi connectivity index (χ0v) is 19.8. The van der Waals surface area contributed by atoms with Crippen LogP contribution in [-0.4, -0.2) is 33.3 Å². The summed E-state index contributed by atoms with van der Waals surface area (Å²) in [6.07, 6.45) is 0. The first-order chi connectivity index (χ1) is 15.5. The molecule has 32 heavy (non-hydrogen) atoms. The van der Waals surface area contributed by atoms with Crippen molar-refractivity contribution in [1.82, 2.24) is 20.2 Å². The van der Waals surface area contributed by atoms with Gasteiger partial charge in [-0.2, -0.15) is 0 Å². The largest absolute Gasteiger partial charge is 0.338 e. The number of thioether (sulfide) groups is 1. The molecule has 4 aromatic rings. The van der Waals surface area contributed by atoms with Crippen LogP contribution in [0.2, 0.25) is 0 Å². The molecule has 1 atom stereocenters. The van der Waals surface area contributed by atoms with Crippen LogP contribution in [0.5, 0.6) is 0 Å². The van der Waals surface area contributed by atoms with Gasteiger partial charge < -0.3 is 5.32 Å². The van der Waals surface area contributed by atoms with E-state index in [1.807, 2.05) is 53.2 Å². The van der Waals surface area contributed by atoms with Crippen LogP contribution >= 0.6 is 34.4 Å². The normalized spacial score (nSPS) is 11.9. The number of urea groups is 1. The van der Waals surface area contributed by atoms with Crippen molar-refractivity contribution in [2.24, 2.45) is 0 Å². The maximum Gasteiger partial charge on any atom is 0.321 e. The van der Waals surface area contributed by atoms with E-state index in [9.17, 15) is 14.4 Å². The number of carbonyl (C=O) groups excluding carboxylic acids is 2. The van der Waals surface area contributed by atoms with E-state index in [1.165, 1.54) is 15.9 Å². The first-order valence-corrected chi connectivity index (χ1v) is 12.5. The highest BCUT2D eigenvalue weighted by atomic mass is 32.2. The summed E-state index contributed by atoms with van der Waals surface area (Å²) in [5.41, 5.74) is 1.33. The van der Waals surface area contributed by atoms with E-state index in [0.717, 1.165) is 22.2 Å². The molecule has 0 unspecified atom stereocenters. The summed E-state index contributed by atoms with van der Waals surface area (Å²) in [4.78, 5) is 44.3. The fourth-order valence-corrected chi connectivity index (χ4v) is 5.83. The minimum atomic E-state index is -0.645. The second kappa shape index (κ2) is 9.68. The molecule has 3 heterocycles. The number of fused-ring (bicyclic) bond motifs is 1. The fourth-order valence-electron chi connectivity index (χ4n) is 3.10. The molecule has 1 aromatic carbocycles. The highest BCUT2D eigenvalue weighted by Gasteiger charge is 2.23. The SMILES string of the molecule is CCNC(=O)NC(=O)[C@@H](C)Sc1nc2scc(-c3cccs3)c2c(=O)n1-c1ccccc1. The van der Waals surface area contributed by atoms with Crippen LogP contribution in [0.1, 0.15) is 13.8 Å². The van der Waals surface area contributed by atoms with Gasteiger partial charge in [-0.1, -0.05) is 36.0 Å². The Morgan fingerprint density at radius 1 is 1.16 bits per heavy atom. The van der Waals surface area contributed by atoms with E-state index >= 15 is 0 Å². The molecule has 7 nitrogen and oxygen atoms in total. The number of benzene rings is 1. The van der Waals surface area contributed by atoms with Crippen molar-refractivity contribution < 1.29 is 9.59 Å². The molecule has 0 saturated carbocycles. The van der Waals surface area contributed by atoms with Crippen molar-refractivity contribution in [2.45, 2.75) is 24.3 Å². The lowest BCUT2D eigenvalue weighted by Gasteiger charge is -2.15. The van der Waals surface area contributed by atoms with Crippen molar-refractivity contribution in [3.63, 3.8) is 0 Å². The predicted molar refractivity (Wildman–Crippen MR) is 131 cm³/mol. The Balaban J connectivity index is 1.79. The quantitative estimate of drug-likeness (QED) is 0.310. The van der Waals surface area contributed by atoms with Gasteiger partial charge in [-0.25, -0.2) is 9.78 Å². The van der Waals surface area contributed by atoms with Crippen molar-refractivity contribution >= 4 is 56.6 Å². The molecule has 164 valence electrons. The third kappa shape index (κ3) is 4.47. The van der Waals surface area contributed by atoms with Crippen LogP contribution in [0.3, 0.4) is 0 Å². The number of hydrogen-bond acceptors (Lipinski definition) is 7. The van der Waals surface area contributed by atoms with Gasteiger partial charge in [-0.15, -0.1) is 22.7 Å². The number of nitrogens with zero attached hydrogens (tertiary/aromatic N) is 2. The molecule has 0 aliphatic rings. The van der Waals surface area contributed by atoms with Gasteiger partial charge in [0.15, 0.2) is 5.16 Å². The number of rotatable bonds is 6. The van der Waals surface area contributed by atoms with Crippen LogP contribution in [0.4, 0.5) is 4.79 Å². The van der Waals surface area contributed by atoms with Gasteiger partial charge in [0.1, 0.15) is 4.83 Å². The van der Waals surface area contributed by atoms with Crippen LogP contribution in [0, 0.1) is 0 Å². The first kappa shape index (κ1) is 22.3. The lowest BCUT2D eigenvalue weighted by molar-refractivity contribution is -0.119. The molecule has 0 fully saturated rings. The second-order valence-electron chi connectivity index (χ2n) is 6.79. The first-order valence-electron chi connectivity index (χ1n) is 9.88. The van der Waals surface area contributed by atoms with Gasteiger partial charge in [-0.3, -0.25) is 19.5 Å². The third-order valence-corrected chi connectivity index (χ3v) is 7.43. The molecular weight excluding hydrogens is 464 g/mol. The maximum absolute atomic E-state index is 13.7. The third-order valence-electron chi connectivity index (χ3n) is 4.60. The highest BCUT2D eigenvalue weighted by Crippen LogP contribution is 2.35. The number of aromatic nitrogens is 2. The molecule has 4 rings (SSSR count). The molecule has 3 amide bonds. The van der Waals surface area contributed by atoms with E-state index < -0.39 is 17.2 Å². The van der Waals surface area contributed by atoms with Gasteiger partial charge >= 0.3 is 6.03 Å². The average Bonchev–Trinajstić information content (AvgIpc) is 3.44. The van der Waals surface area contributed by atoms with E-state index in [4.69, 9.17) is 4.98 Å². The number of amides is 3. The number of para-hydroxylation sites is 1. The van der Waals surface area contributed by atoms with Gasteiger partial charge in [0, 0.05) is 22.4 Å². The summed E-state index contributed by atoms with van der Waals surface area (Å²) in [5.74, 6) is -0.458. The van der Waals surface area contributed by atoms with E-state index in [2.05, 4.69) is 10.6 Å². The molecule has 0 spiro atoms. The van der Waals surface area contributed by atoms with Crippen molar-refractivity contribution in [1.29, 1.82) is 0 Å². The molecule has 3 aromatic heterocycles. The standard InChI is InChI=1S/C22H20N4O3S3/c1-3-23-21(29)24-18(27)13(2)32-22-25-19-17(15(12-31-19)16-10-7-11-30-16)20(28)26(22)14-8-5-4-6-9-14/h4-13H,3H2,1-2H3,(H2,23,24,27,29)/t13-/m1/s1. The van der Waals surface area contributed by atoms with Crippen molar-refractivity contribution in [3.05, 3.63) is 63.6 Å². The van der Waals surface area contributed by atoms with Gasteiger partial charge in [0.2, 0.25) is 5.91 Å². The highest BCUT2D eigenvalue weighted by molar-refractivity contribution is 8.00. The summed E-state index contributed by atoms with van der Waals surface area (Å²) in [5, 5.41) is 9.08. The summed E-state index contributed by atoms with van der Waals surface area (Å²) < 4.78 is 1.53. The molecule has 0 aliphatic heterocycles. The second-order valence-corrected chi connectivity index (χ2v) is 9.90. The fraction of sp³-hybridized carbons (Fsp3) is 0.182. The summed E-state index contributed by atoms with van der Waals surface area (Å²) >= 11 is 4.11. The monoisotopic (exact) mass is 484 g/mol. The van der Waals surface area contributed by atoms with Crippen molar-refractivity contribution in [3.8, 4) is 16.1 Å². The molecule has 10 heteroatoms. The molecule has 0 bridgehead atoms. The van der Waals surface area contributed by atoms with Crippen LogP contribution in [0.25, 0.3) is 26.3 Å². The Kier molecular flexibility index (Phi) is 6.73. The number of nitrogens with one attached hydrogen (secondary N) is 2. The molecule has 0 radical (unpaired) electrons. The topological polar surface area (TPSA) is 93.1 Å². The van der Waals surface area contributed by atoms with Crippen LogP contribution in [0.15, 0.2) is 63.2 Å². The average molecular weight is 485 g/mol. The predicted octanol–water partition coefficient (Wildman–Crippen LogP) is 4.50. The number of thiophene rings is 2. The Bertz CT molecular complexity index is 1310. The molecule has 0 aliphatic carbocycles. The lowest BCUT2D eigenvalue weighted by atomic mass is 10.2. The summed E-state index contributed by atoms with van der Waals surface area (Å²) in [6.45, 7) is 3.86. The van der Waals surface area contributed by atoms with Gasteiger partial charge in [0.05, 0.1) is 16.3 Å². The summed E-state index contributed by atoms with van der Waals surface area (Å²) in [6, 6.07) is 12.6. The minimum absolute atomic E-state index is 0.190. The lowest BCUT2D eigenvalue weighted by Crippen LogP contribution is -2.42. The van der Waals surface area contributed by atoms with E-state index in [0.29, 0.717) is 27.6 Å².